The van der Waals surface area contributed by atoms with Gasteiger partial charge in [-0.1, -0.05) is 28.1 Å². The average Bonchev–Trinajstić information content (AvgIpc) is 2.62. The highest BCUT2D eigenvalue weighted by Gasteiger charge is 2.16. The Morgan fingerprint density at radius 2 is 2.12 bits per heavy atom. The summed E-state index contributed by atoms with van der Waals surface area (Å²) in [6, 6.07) is 8.04. The molecular weight excluding hydrogens is 376 g/mol. The fourth-order valence-electron chi connectivity index (χ4n) is 2.14. The molecule has 2 aromatic rings. The van der Waals surface area contributed by atoms with Crippen LogP contribution in [-0.2, 0) is 4.74 Å². The molecular formula is C15H17BrN6O2. The van der Waals surface area contributed by atoms with Crippen molar-refractivity contribution in [2.24, 2.45) is 5.10 Å². The summed E-state index contributed by atoms with van der Waals surface area (Å²) in [4.78, 5) is 14.9. The lowest BCUT2D eigenvalue weighted by Gasteiger charge is -2.26. The maximum atomic E-state index is 5.34. The summed E-state index contributed by atoms with van der Waals surface area (Å²) in [7, 11) is 1.52. The molecule has 0 atom stereocenters. The lowest BCUT2D eigenvalue weighted by Crippen LogP contribution is -2.37. The number of ether oxygens (including phenoxy) is 2. The fourth-order valence-corrected chi connectivity index (χ4v) is 2.56. The van der Waals surface area contributed by atoms with Gasteiger partial charge in [-0.3, -0.25) is 0 Å². The minimum atomic E-state index is 0.242. The Morgan fingerprint density at radius 3 is 2.88 bits per heavy atom. The topological polar surface area (TPSA) is 84.8 Å². The number of rotatable bonds is 5. The van der Waals surface area contributed by atoms with E-state index in [1.165, 1.54) is 7.11 Å². The smallest absolute Gasteiger partial charge is 0.322 e. The van der Waals surface area contributed by atoms with Crippen LogP contribution in [0.2, 0.25) is 0 Å². The molecule has 9 heteroatoms. The van der Waals surface area contributed by atoms with E-state index in [0.717, 1.165) is 23.1 Å². The van der Waals surface area contributed by atoms with Crippen molar-refractivity contribution in [1.82, 2.24) is 15.0 Å². The van der Waals surface area contributed by atoms with Gasteiger partial charge in [-0.2, -0.15) is 20.1 Å². The zero-order valence-corrected chi connectivity index (χ0v) is 14.7. The van der Waals surface area contributed by atoms with E-state index in [9.17, 15) is 0 Å². The van der Waals surface area contributed by atoms with Crippen LogP contribution in [0, 0.1) is 0 Å². The van der Waals surface area contributed by atoms with E-state index in [2.05, 4.69) is 41.4 Å². The molecule has 0 bridgehead atoms. The monoisotopic (exact) mass is 392 g/mol. The van der Waals surface area contributed by atoms with E-state index in [0.29, 0.717) is 25.1 Å². The molecule has 0 saturated carbocycles. The fraction of sp³-hybridized carbons (Fsp3) is 0.333. The second-order valence-electron chi connectivity index (χ2n) is 4.97. The Hall–Kier alpha value is -2.26. The molecule has 2 heterocycles. The van der Waals surface area contributed by atoms with Crippen LogP contribution in [0.4, 0.5) is 11.9 Å². The number of benzene rings is 1. The highest BCUT2D eigenvalue weighted by atomic mass is 79.9. The standard InChI is InChI=1S/C15H17BrN6O2/c1-23-15-19-13(18-14(20-15)22-5-7-24-8-6-22)21-17-10-11-3-2-4-12(16)9-11/h2-4,9-10H,5-8H2,1H3,(H,18,19,20,21)/b17-10-. The Kier molecular flexibility index (Phi) is 5.55. The molecule has 1 fully saturated rings. The van der Waals surface area contributed by atoms with E-state index in [1.54, 1.807) is 6.21 Å². The van der Waals surface area contributed by atoms with Gasteiger partial charge in [0.25, 0.3) is 5.95 Å². The second kappa shape index (κ2) is 8.02. The number of aromatic nitrogens is 3. The van der Waals surface area contributed by atoms with Crippen molar-refractivity contribution in [2.45, 2.75) is 0 Å². The van der Waals surface area contributed by atoms with Gasteiger partial charge in [-0.25, -0.2) is 5.43 Å². The lowest BCUT2D eigenvalue weighted by atomic mass is 10.2. The first kappa shape index (κ1) is 16.6. The maximum absolute atomic E-state index is 5.34. The first-order valence-corrected chi connectivity index (χ1v) is 8.21. The predicted octanol–water partition coefficient (Wildman–Crippen LogP) is 1.93. The van der Waals surface area contributed by atoms with Crippen molar-refractivity contribution in [1.29, 1.82) is 0 Å². The molecule has 0 radical (unpaired) electrons. The molecule has 0 spiro atoms. The number of nitrogens with one attached hydrogen (secondary N) is 1. The zero-order chi connectivity index (χ0) is 16.8. The van der Waals surface area contributed by atoms with Crippen molar-refractivity contribution in [2.75, 3.05) is 43.7 Å². The van der Waals surface area contributed by atoms with E-state index in [4.69, 9.17) is 9.47 Å². The summed E-state index contributed by atoms with van der Waals surface area (Å²) in [5, 5.41) is 4.17. The summed E-state index contributed by atoms with van der Waals surface area (Å²) >= 11 is 3.42. The van der Waals surface area contributed by atoms with Gasteiger partial charge in [-0.15, -0.1) is 0 Å². The van der Waals surface area contributed by atoms with Crippen LogP contribution in [0.5, 0.6) is 6.01 Å². The molecule has 0 aliphatic carbocycles. The van der Waals surface area contributed by atoms with Crippen molar-refractivity contribution >= 4 is 34.0 Å². The largest absolute Gasteiger partial charge is 0.467 e. The molecule has 8 nitrogen and oxygen atoms in total. The lowest BCUT2D eigenvalue weighted by molar-refractivity contribution is 0.122. The number of halogens is 1. The van der Waals surface area contributed by atoms with E-state index in [-0.39, 0.29) is 6.01 Å². The minimum Gasteiger partial charge on any atom is -0.467 e. The first-order valence-electron chi connectivity index (χ1n) is 7.42. The molecule has 0 amide bonds. The minimum absolute atomic E-state index is 0.242. The maximum Gasteiger partial charge on any atom is 0.322 e. The van der Waals surface area contributed by atoms with Crippen LogP contribution in [0.25, 0.3) is 0 Å². The second-order valence-corrected chi connectivity index (χ2v) is 5.89. The Balaban J connectivity index is 1.74. The van der Waals surface area contributed by atoms with E-state index < -0.39 is 0 Å². The number of methoxy groups -OCH3 is 1. The van der Waals surface area contributed by atoms with Gasteiger partial charge in [0.15, 0.2) is 0 Å². The number of anilines is 2. The Bertz CT molecular complexity index is 721. The van der Waals surface area contributed by atoms with Gasteiger partial charge in [0, 0.05) is 17.6 Å². The molecule has 1 aromatic carbocycles. The molecule has 0 unspecified atom stereocenters. The van der Waals surface area contributed by atoms with Crippen LogP contribution in [-0.4, -0.2) is 54.6 Å². The Morgan fingerprint density at radius 1 is 1.29 bits per heavy atom. The zero-order valence-electron chi connectivity index (χ0n) is 13.1. The normalized spacial score (nSPS) is 14.8. The van der Waals surface area contributed by atoms with Gasteiger partial charge in [0.05, 0.1) is 26.5 Å². The molecule has 1 aliphatic rings. The summed E-state index contributed by atoms with van der Waals surface area (Å²) in [5.41, 5.74) is 3.77. The number of nitrogens with zero attached hydrogens (tertiary/aromatic N) is 5. The molecule has 1 aliphatic heterocycles. The average molecular weight is 393 g/mol. The van der Waals surface area contributed by atoms with Gasteiger partial charge < -0.3 is 14.4 Å². The van der Waals surface area contributed by atoms with Crippen LogP contribution >= 0.6 is 15.9 Å². The highest BCUT2D eigenvalue weighted by molar-refractivity contribution is 9.10. The first-order chi connectivity index (χ1) is 11.7. The summed E-state index contributed by atoms with van der Waals surface area (Å²) in [6.07, 6.45) is 1.69. The molecule has 1 N–H and O–H groups in total. The van der Waals surface area contributed by atoms with Crippen molar-refractivity contribution in [3.63, 3.8) is 0 Å². The summed E-state index contributed by atoms with van der Waals surface area (Å²) in [6.45, 7) is 2.76. The van der Waals surface area contributed by atoms with Crippen molar-refractivity contribution < 1.29 is 9.47 Å². The molecule has 24 heavy (non-hydrogen) atoms. The van der Waals surface area contributed by atoms with Gasteiger partial charge in [0.2, 0.25) is 5.95 Å². The quantitative estimate of drug-likeness (QED) is 0.614. The third-order valence-corrected chi connectivity index (χ3v) is 3.80. The summed E-state index contributed by atoms with van der Waals surface area (Å²) in [5.74, 6) is 0.875. The van der Waals surface area contributed by atoms with Gasteiger partial charge in [0.1, 0.15) is 0 Å². The van der Waals surface area contributed by atoms with Gasteiger partial charge >= 0.3 is 6.01 Å². The van der Waals surface area contributed by atoms with Crippen molar-refractivity contribution in [3.05, 3.63) is 34.3 Å². The predicted molar refractivity (Wildman–Crippen MR) is 94.8 cm³/mol. The van der Waals surface area contributed by atoms with E-state index in [1.807, 2.05) is 29.2 Å². The van der Waals surface area contributed by atoms with Crippen LogP contribution in [0.15, 0.2) is 33.8 Å². The number of hydrazone groups is 1. The Labute approximate surface area is 148 Å². The van der Waals surface area contributed by atoms with Gasteiger partial charge in [-0.05, 0) is 17.7 Å². The highest BCUT2D eigenvalue weighted by Crippen LogP contribution is 2.16. The molecule has 126 valence electrons. The summed E-state index contributed by atoms with van der Waals surface area (Å²) < 4.78 is 11.5. The van der Waals surface area contributed by atoms with E-state index >= 15 is 0 Å². The van der Waals surface area contributed by atoms with Crippen LogP contribution in [0.3, 0.4) is 0 Å². The number of hydrogen-bond donors (Lipinski definition) is 1. The number of hydrogen-bond acceptors (Lipinski definition) is 8. The molecule has 1 aromatic heterocycles. The molecule has 1 saturated heterocycles. The molecule has 3 rings (SSSR count). The third-order valence-electron chi connectivity index (χ3n) is 3.31. The number of morpholine rings is 1. The SMILES string of the molecule is COc1nc(N/N=C\c2cccc(Br)c2)nc(N2CCOCC2)n1. The van der Waals surface area contributed by atoms with Crippen molar-refractivity contribution in [3.8, 4) is 6.01 Å². The van der Waals surface area contributed by atoms with Crippen LogP contribution in [0.1, 0.15) is 5.56 Å². The van der Waals surface area contributed by atoms with Crippen LogP contribution < -0.4 is 15.1 Å². The third kappa shape index (κ3) is 4.39.